The Morgan fingerprint density at radius 2 is 2.15 bits per heavy atom. The quantitative estimate of drug-likeness (QED) is 0.827. The number of aryl methyl sites for hydroxylation is 1. The maximum absolute atomic E-state index is 4.47. The first-order valence-electron chi connectivity index (χ1n) is 7.93. The lowest BCUT2D eigenvalue weighted by molar-refractivity contribution is 0.321. The van der Waals surface area contributed by atoms with Crippen LogP contribution in [0.4, 0.5) is 5.69 Å². The third-order valence-corrected chi connectivity index (χ3v) is 4.13. The monoisotopic (exact) mass is 275 g/mol. The van der Waals surface area contributed by atoms with Crippen LogP contribution in [0.1, 0.15) is 44.4 Å². The van der Waals surface area contributed by atoms with E-state index in [1.165, 1.54) is 37.1 Å². The number of hydrogen-bond donors (Lipinski definition) is 1. The molecule has 0 atom stereocenters. The number of nitrogens with zero attached hydrogens (tertiary/aromatic N) is 2. The second-order valence-corrected chi connectivity index (χ2v) is 6.66. The molecule has 20 heavy (non-hydrogen) atoms. The van der Waals surface area contributed by atoms with Gasteiger partial charge in [0.05, 0.1) is 0 Å². The summed E-state index contributed by atoms with van der Waals surface area (Å²) >= 11 is 0. The fourth-order valence-corrected chi connectivity index (χ4v) is 2.72. The fourth-order valence-electron chi connectivity index (χ4n) is 2.72. The summed E-state index contributed by atoms with van der Waals surface area (Å²) in [6.45, 7) is 9.70. The van der Waals surface area contributed by atoms with Crippen molar-refractivity contribution >= 4 is 5.69 Å². The van der Waals surface area contributed by atoms with Crippen molar-refractivity contribution in [1.29, 1.82) is 0 Å². The number of anilines is 1. The van der Waals surface area contributed by atoms with Crippen molar-refractivity contribution in [2.75, 3.05) is 25.0 Å². The van der Waals surface area contributed by atoms with Gasteiger partial charge in [-0.05, 0) is 44.2 Å². The Morgan fingerprint density at radius 3 is 2.75 bits per heavy atom. The summed E-state index contributed by atoms with van der Waals surface area (Å²) in [7, 11) is 2.22. The minimum Gasteiger partial charge on any atom is -0.374 e. The van der Waals surface area contributed by atoms with Crippen molar-refractivity contribution in [2.24, 2.45) is 11.8 Å². The van der Waals surface area contributed by atoms with Crippen LogP contribution in [0.3, 0.4) is 0 Å². The van der Waals surface area contributed by atoms with Crippen LogP contribution in [-0.2, 0) is 6.54 Å². The molecule has 3 heteroatoms. The molecule has 0 bridgehead atoms. The van der Waals surface area contributed by atoms with Crippen LogP contribution < -0.4 is 10.2 Å². The summed E-state index contributed by atoms with van der Waals surface area (Å²) in [4.78, 5) is 6.89. The van der Waals surface area contributed by atoms with Gasteiger partial charge in [-0.3, -0.25) is 4.98 Å². The number of rotatable bonds is 7. The van der Waals surface area contributed by atoms with Gasteiger partial charge in [0.25, 0.3) is 0 Å². The van der Waals surface area contributed by atoms with E-state index in [0.717, 1.165) is 24.7 Å². The fraction of sp³-hybridized carbons (Fsp3) is 0.706. The Hall–Kier alpha value is -1.09. The number of nitrogens with one attached hydrogen (secondary N) is 1. The molecule has 0 unspecified atom stereocenters. The highest BCUT2D eigenvalue weighted by molar-refractivity contribution is 5.53. The van der Waals surface area contributed by atoms with Gasteiger partial charge < -0.3 is 10.2 Å². The molecule has 3 nitrogen and oxygen atoms in total. The van der Waals surface area contributed by atoms with E-state index in [4.69, 9.17) is 0 Å². The van der Waals surface area contributed by atoms with E-state index in [1.807, 2.05) is 6.20 Å². The van der Waals surface area contributed by atoms with Gasteiger partial charge in [-0.2, -0.15) is 0 Å². The van der Waals surface area contributed by atoms with Gasteiger partial charge in [0, 0.05) is 43.3 Å². The van der Waals surface area contributed by atoms with Crippen molar-refractivity contribution in [3.63, 3.8) is 0 Å². The van der Waals surface area contributed by atoms with Crippen molar-refractivity contribution in [3.8, 4) is 0 Å². The first-order valence-corrected chi connectivity index (χ1v) is 7.93. The zero-order valence-corrected chi connectivity index (χ0v) is 13.4. The highest BCUT2D eigenvalue weighted by Gasteiger charge is 2.20. The second kappa shape index (κ2) is 7.07. The number of pyridine rings is 1. The third-order valence-electron chi connectivity index (χ3n) is 4.13. The molecule has 1 heterocycles. The number of hydrogen-bond acceptors (Lipinski definition) is 3. The Labute approximate surface area is 123 Å². The predicted octanol–water partition coefficient (Wildman–Crippen LogP) is 3.37. The summed E-state index contributed by atoms with van der Waals surface area (Å²) in [5, 5.41) is 3.53. The average Bonchev–Trinajstić information content (AvgIpc) is 2.35. The molecule has 0 amide bonds. The molecule has 0 saturated heterocycles. The minimum atomic E-state index is 0.685. The van der Waals surface area contributed by atoms with Gasteiger partial charge in [-0.25, -0.2) is 0 Å². The highest BCUT2D eigenvalue weighted by Crippen LogP contribution is 2.29. The Morgan fingerprint density at radius 1 is 1.40 bits per heavy atom. The SMILES string of the molecule is Cc1cc(N(C)CC2CCC2)c(CNCC(C)C)cn1. The zero-order valence-electron chi connectivity index (χ0n) is 13.4. The number of aromatic nitrogens is 1. The second-order valence-electron chi connectivity index (χ2n) is 6.66. The lowest BCUT2D eigenvalue weighted by atomic mass is 9.85. The summed E-state index contributed by atoms with van der Waals surface area (Å²) in [5.41, 5.74) is 3.77. The van der Waals surface area contributed by atoms with E-state index in [-0.39, 0.29) is 0 Å². The molecule has 0 radical (unpaired) electrons. The lowest BCUT2D eigenvalue weighted by Crippen LogP contribution is -2.30. The first-order chi connectivity index (χ1) is 9.56. The van der Waals surface area contributed by atoms with Crippen LogP contribution >= 0.6 is 0 Å². The topological polar surface area (TPSA) is 28.2 Å². The van der Waals surface area contributed by atoms with E-state index >= 15 is 0 Å². The first kappa shape index (κ1) is 15.3. The summed E-state index contributed by atoms with van der Waals surface area (Å²) in [6.07, 6.45) is 6.25. The Bertz CT molecular complexity index is 424. The Balaban J connectivity index is 2.01. The molecule has 1 aromatic heterocycles. The van der Waals surface area contributed by atoms with Gasteiger partial charge in [0.1, 0.15) is 0 Å². The van der Waals surface area contributed by atoms with Gasteiger partial charge in [-0.15, -0.1) is 0 Å². The highest BCUT2D eigenvalue weighted by atomic mass is 15.1. The van der Waals surface area contributed by atoms with Crippen molar-refractivity contribution in [3.05, 3.63) is 23.5 Å². The van der Waals surface area contributed by atoms with Crippen LogP contribution in [0, 0.1) is 18.8 Å². The van der Waals surface area contributed by atoms with Crippen LogP contribution in [0.25, 0.3) is 0 Å². The van der Waals surface area contributed by atoms with E-state index in [1.54, 1.807) is 0 Å². The molecule has 1 aliphatic carbocycles. The maximum Gasteiger partial charge on any atom is 0.0443 e. The average molecular weight is 275 g/mol. The Kier molecular flexibility index (Phi) is 5.41. The van der Waals surface area contributed by atoms with Gasteiger partial charge in [0.15, 0.2) is 0 Å². The molecule has 1 N–H and O–H groups in total. The van der Waals surface area contributed by atoms with Crippen molar-refractivity contribution in [2.45, 2.75) is 46.6 Å². The molecular weight excluding hydrogens is 246 g/mol. The predicted molar refractivity (Wildman–Crippen MR) is 86.1 cm³/mol. The van der Waals surface area contributed by atoms with E-state index < -0.39 is 0 Å². The van der Waals surface area contributed by atoms with E-state index in [0.29, 0.717) is 5.92 Å². The molecule has 1 saturated carbocycles. The normalized spacial score (nSPS) is 15.4. The van der Waals surface area contributed by atoms with E-state index in [9.17, 15) is 0 Å². The minimum absolute atomic E-state index is 0.685. The molecule has 0 spiro atoms. The molecule has 2 rings (SSSR count). The molecule has 0 aliphatic heterocycles. The largest absolute Gasteiger partial charge is 0.374 e. The zero-order chi connectivity index (χ0) is 14.5. The summed E-state index contributed by atoms with van der Waals surface area (Å²) in [5.74, 6) is 1.58. The summed E-state index contributed by atoms with van der Waals surface area (Å²) < 4.78 is 0. The molecule has 1 aromatic rings. The maximum atomic E-state index is 4.47. The van der Waals surface area contributed by atoms with Gasteiger partial charge >= 0.3 is 0 Å². The van der Waals surface area contributed by atoms with Gasteiger partial charge in [-0.1, -0.05) is 20.3 Å². The molecular formula is C17H29N3. The lowest BCUT2D eigenvalue weighted by Gasteiger charge is -2.32. The van der Waals surface area contributed by atoms with Gasteiger partial charge in [0.2, 0.25) is 0 Å². The van der Waals surface area contributed by atoms with Crippen LogP contribution in [0.15, 0.2) is 12.3 Å². The van der Waals surface area contributed by atoms with Crippen molar-refractivity contribution < 1.29 is 0 Å². The third kappa shape index (κ3) is 4.20. The smallest absolute Gasteiger partial charge is 0.0443 e. The van der Waals surface area contributed by atoms with Crippen molar-refractivity contribution in [1.82, 2.24) is 10.3 Å². The van der Waals surface area contributed by atoms with E-state index in [2.05, 4.69) is 49.1 Å². The molecule has 112 valence electrons. The standard InChI is InChI=1S/C17H29N3/c1-13(2)9-18-10-16-11-19-14(3)8-17(16)20(4)12-15-6-5-7-15/h8,11,13,15,18H,5-7,9-10,12H2,1-4H3. The van der Waals surface area contributed by atoms with Crippen LogP contribution in [0.5, 0.6) is 0 Å². The van der Waals surface area contributed by atoms with Crippen LogP contribution in [-0.4, -0.2) is 25.1 Å². The van der Waals surface area contributed by atoms with Crippen LogP contribution in [0.2, 0.25) is 0 Å². The molecule has 0 aromatic carbocycles. The molecule has 1 aliphatic rings. The summed E-state index contributed by atoms with van der Waals surface area (Å²) in [6, 6.07) is 2.23. The molecule has 1 fully saturated rings.